The van der Waals surface area contributed by atoms with Gasteiger partial charge in [-0.1, -0.05) is 54.6 Å². The highest BCUT2D eigenvalue weighted by molar-refractivity contribution is 5.79. The van der Waals surface area contributed by atoms with Crippen molar-refractivity contribution in [2.45, 2.75) is 39.6 Å². The average molecular weight is 425 g/mol. The predicted molar refractivity (Wildman–Crippen MR) is 126 cm³/mol. The first-order valence-corrected chi connectivity index (χ1v) is 11.3. The largest absolute Gasteiger partial charge is 0.379 e. The number of hydrogen-bond donors (Lipinski definition) is 2. The van der Waals surface area contributed by atoms with E-state index < -0.39 is 0 Å². The fraction of sp³-hybridized carbons (Fsp3) is 0.480. The Morgan fingerprint density at radius 3 is 2.48 bits per heavy atom. The fourth-order valence-corrected chi connectivity index (χ4v) is 3.58. The van der Waals surface area contributed by atoms with Crippen molar-refractivity contribution in [2.24, 2.45) is 4.99 Å². The summed E-state index contributed by atoms with van der Waals surface area (Å²) < 4.78 is 11.3. The van der Waals surface area contributed by atoms with Crippen LogP contribution in [0.25, 0.3) is 0 Å². The summed E-state index contributed by atoms with van der Waals surface area (Å²) in [5.74, 6) is 0.855. The second-order valence-electron chi connectivity index (χ2n) is 7.87. The molecule has 1 aliphatic heterocycles. The van der Waals surface area contributed by atoms with Crippen molar-refractivity contribution < 1.29 is 9.47 Å². The quantitative estimate of drug-likeness (QED) is 0.453. The molecule has 1 fully saturated rings. The lowest BCUT2D eigenvalue weighted by Gasteiger charge is -2.32. The monoisotopic (exact) mass is 424 g/mol. The number of benzene rings is 2. The summed E-state index contributed by atoms with van der Waals surface area (Å²) >= 11 is 0. The minimum absolute atomic E-state index is 0.442. The molecule has 1 heterocycles. The molecule has 2 aromatic rings. The van der Waals surface area contributed by atoms with E-state index in [9.17, 15) is 0 Å². The van der Waals surface area contributed by atoms with Crippen LogP contribution < -0.4 is 10.6 Å². The molecule has 0 radical (unpaired) electrons. The highest BCUT2D eigenvalue weighted by atomic mass is 16.5. The third-order valence-electron chi connectivity index (χ3n) is 5.37. The van der Waals surface area contributed by atoms with Crippen LogP contribution in [0.15, 0.2) is 59.6 Å². The van der Waals surface area contributed by atoms with E-state index in [-0.39, 0.29) is 0 Å². The third-order valence-corrected chi connectivity index (χ3v) is 5.37. The molecular formula is C25H36N4O2. The summed E-state index contributed by atoms with van der Waals surface area (Å²) in [4.78, 5) is 7.24. The van der Waals surface area contributed by atoms with Crippen LogP contribution in [0, 0.1) is 0 Å². The molecule has 0 aliphatic carbocycles. The number of aliphatic imine (C=N–C) groups is 1. The van der Waals surface area contributed by atoms with Gasteiger partial charge in [-0.05, 0) is 30.5 Å². The van der Waals surface area contributed by atoms with Gasteiger partial charge >= 0.3 is 0 Å². The minimum atomic E-state index is 0.442. The Morgan fingerprint density at radius 1 is 1.00 bits per heavy atom. The highest BCUT2D eigenvalue weighted by Crippen LogP contribution is 2.10. The molecule has 31 heavy (non-hydrogen) atoms. The van der Waals surface area contributed by atoms with Gasteiger partial charge < -0.3 is 20.1 Å². The molecule has 6 nitrogen and oxygen atoms in total. The van der Waals surface area contributed by atoms with Gasteiger partial charge in [-0.25, -0.2) is 4.99 Å². The number of morpholine rings is 1. The van der Waals surface area contributed by atoms with Crippen molar-refractivity contribution >= 4 is 5.96 Å². The zero-order valence-electron chi connectivity index (χ0n) is 18.8. The predicted octanol–water partition coefficient (Wildman–Crippen LogP) is 3.18. The first kappa shape index (κ1) is 23.3. The topological polar surface area (TPSA) is 58.1 Å². The van der Waals surface area contributed by atoms with Gasteiger partial charge in [-0.15, -0.1) is 0 Å². The Bertz CT molecular complexity index is 791. The summed E-state index contributed by atoms with van der Waals surface area (Å²) in [5, 5.41) is 6.84. The number of nitrogens with one attached hydrogen (secondary N) is 2. The zero-order valence-corrected chi connectivity index (χ0v) is 18.8. The number of guanidine groups is 1. The molecule has 6 heteroatoms. The SMILES string of the molecule is CCNC(=NCc1cccc(COCc2ccccc2)c1)NCC(C)N1CCOCC1. The summed E-state index contributed by atoms with van der Waals surface area (Å²) in [6, 6.07) is 19.2. The van der Waals surface area contributed by atoms with Gasteiger partial charge in [0.25, 0.3) is 0 Å². The van der Waals surface area contributed by atoms with Crippen LogP contribution in [0.3, 0.4) is 0 Å². The molecule has 2 N–H and O–H groups in total. The lowest BCUT2D eigenvalue weighted by Crippen LogP contribution is -2.49. The van der Waals surface area contributed by atoms with Gasteiger partial charge in [0.05, 0.1) is 33.0 Å². The Hall–Kier alpha value is -2.41. The number of ether oxygens (including phenoxy) is 2. The van der Waals surface area contributed by atoms with Crippen LogP contribution >= 0.6 is 0 Å². The first-order valence-electron chi connectivity index (χ1n) is 11.3. The molecule has 2 aromatic carbocycles. The average Bonchev–Trinajstić information content (AvgIpc) is 2.82. The summed E-state index contributed by atoms with van der Waals surface area (Å²) in [5.41, 5.74) is 3.54. The van der Waals surface area contributed by atoms with Crippen molar-refractivity contribution in [2.75, 3.05) is 39.4 Å². The molecule has 0 bridgehead atoms. The van der Waals surface area contributed by atoms with E-state index in [1.165, 1.54) is 16.7 Å². The molecule has 3 rings (SSSR count). The van der Waals surface area contributed by atoms with Crippen molar-refractivity contribution in [3.05, 3.63) is 71.3 Å². The number of rotatable bonds is 10. The van der Waals surface area contributed by atoms with Crippen molar-refractivity contribution in [3.8, 4) is 0 Å². The Morgan fingerprint density at radius 2 is 1.71 bits per heavy atom. The second kappa shape index (κ2) is 13.1. The number of nitrogens with zero attached hydrogens (tertiary/aromatic N) is 2. The molecule has 0 spiro atoms. The summed E-state index contributed by atoms with van der Waals surface area (Å²) in [6.45, 7) is 11.5. The van der Waals surface area contributed by atoms with Crippen LogP contribution in [0.1, 0.15) is 30.5 Å². The van der Waals surface area contributed by atoms with Crippen LogP contribution in [0.5, 0.6) is 0 Å². The molecular weight excluding hydrogens is 388 g/mol. The van der Waals surface area contributed by atoms with Crippen LogP contribution in [0.4, 0.5) is 0 Å². The zero-order chi connectivity index (χ0) is 21.7. The van der Waals surface area contributed by atoms with Crippen LogP contribution in [-0.2, 0) is 29.2 Å². The van der Waals surface area contributed by atoms with Gasteiger partial charge in [-0.2, -0.15) is 0 Å². The first-order chi connectivity index (χ1) is 15.2. The van der Waals surface area contributed by atoms with Crippen LogP contribution in [0.2, 0.25) is 0 Å². The van der Waals surface area contributed by atoms with E-state index in [2.05, 4.69) is 65.8 Å². The molecule has 1 unspecified atom stereocenters. The minimum Gasteiger partial charge on any atom is -0.379 e. The molecule has 1 aliphatic rings. The standard InChI is InChI=1S/C25H36N4O2/c1-3-26-25(27-17-21(2)29-12-14-30-15-13-29)28-18-23-10-7-11-24(16-23)20-31-19-22-8-5-4-6-9-22/h4-11,16,21H,3,12-15,17-20H2,1-2H3,(H2,26,27,28). The van der Waals surface area contributed by atoms with E-state index in [0.29, 0.717) is 25.8 Å². The molecule has 0 aromatic heterocycles. The molecule has 0 saturated carbocycles. The Kier molecular flexibility index (Phi) is 9.83. The highest BCUT2D eigenvalue weighted by Gasteiger charge is 2.16. The fourth-order valence-electron chi connectivity index (χ4n) is 3.58. The van der Waals surface area contributed by atoms with Crippen LogP contribution in [-0.4, -0.2) is 56.3 Å². The normalized spacial score (nSPS) is 16.1. The van der Waals surface area contributed by atoms with Gasteiger partial charge in [0, 0.05) is 32.2 Å². The summed E-state index contributed by atoms with van der Waals surface area (Å²) in [7, 11) is 0. The lowest BCUT2D eigenvalue weighted by molar-refractivity contribution is 0.0211. The van der Waals surface area contributed by atoms with Gasteiger partial charge in [0.2, 0.25) is 0 Å². The van der Waals surface area contributed by atoms with Crippen molar-refractivity contribution in [3.63, 3.8) is 0 Å². The van der Waals surface area contributed by atoms with Gasteiger partial charge in [-0.3, -0.25) is 4.90 Å². The molecule has 0 amide bonds. The van der Waals surface area contributed by atoms with Gasteiger partial charge in [0.1, 0.15) is 0 Å². The van der Waals surface area contributed by atoms with Gasteiger partial charge in [0.15, 0.2) is 5.96 Å². The smallest absolute Gasteiger partial charge is 0.191 e. The van der Waals surface area contributed by atoms with Crippen molar-refractivity contribution in [1.82, 2.24) is 15.5 Å². The van der Waals surface area contributed by atoms with E-state index in [1.54, 1.807) is 0 Å². The Balaban J connectivity index is 1.48. The van der Waals surface area contributed by atoms with E-state index >= 15 is 0 Å². The maximum Gasteiger partial charge on any atom is 0.191 e. The van der Waals surface area contributed by atoms with Crippen molar-refractivity contribution in [1.29, 1.82) is 0 Å². The van der Waals surface area contributed by atoms with E-state index in [0.717, 1.165) is 45.4 Å². The molecule has 1 atom stereocenters. The molecule has 1 saturated heterocycles. The maximum absolute atomic E-state index is 5.87. The summed E-state index contributed by atoms with van der Waals surface area (Å²) in [6.07, 6.45) is 0. The lowest BCUT2D eigenvalue weighted by atomic mass is 10.1. The maximum atomic E-state index is 5.87. The van der Waals surface area contributed by atoms with E-state index in [1.807, 2.05) is 18.2 Å². The Labute approximate surface area is 186 Å². The number of hydrogen-bond acceptors (Lipinski definition) is 4. The molecule has 168 valence electrons. The third kappa shape index (κ3) is 8.32. The van der Waals surface area contributed by atoms with E-state index in [4.69, 9.17) is 14.5 Å². The second-order valence-corrected chi connectivity index (χ2v) is 7.87.